The topological polar surface area (TPSA) is 53.6 Å². The largest absolute Gasteiger partial charge is 0.343 e. The third-order valence-electron chi connectivity index (χ3n) is 2.96. The lowest BCUT2D eigenvalue weighted by atomic mass is 10.2. The SMILES string of the molecule is Cc1cc2c(Nc3ccccc3C)ncnc2[nH]1. The Balaban J connectivity index is 2.07. The Kier molecular flexibility index (Phi) is 2.48. The Hall–Kier alpha value is -2.36. The van der Waals surface area contributed by atoms with Crippen molar-refractivity contribution in [2.24, 2.45) is 0 Å². The molecule has 2 aromatic heterocycles. The molecule has 0 radical (unpaired) electrons. The van der Waals surface area contributed by atoms with Crippen molar-refractivity contribution in [3.8, 4) is 0 Å². The molecule has 0 spiro atoms. The highest BCUT2D eigenvalue weighted by atomic mass is 15.0. The van der Waals surface area contributed by atoms with Crippen molar-refractivity contribution in [3.05, 3.63) is 47.9 Å². The Labute approximate surface area is 105 Å². The van der Waals surface area contributed by atoms with Crippen molar-refractivity contribution in [1.82, 2.24) is 15.0 Å². The van der Waals surface area contributed by atoms with E-state index in [4.69, 9.17) is 0 Å². The molecule has 3 aromatic rings. The van der Waals surface area contributed by atoms with Crippen LogP contribution in [0.2, 0.25) is 0 Å². The maximum atomic E-state index is 4.31. The summed E-state index contributed by atoms with van der Waals surface area (Å²) in [5.74, 6) is 0.832. The summed E-state index contributed by atoms with van der Waals surface area (Å²) < 4.78 is 0. The second-order valence-electron chi connectivity index (χ2n) is 4.38. The van der Waals surface area contributed by atoms with E-state index < -0.39 is 0 Å². The standard InChI is InChI=1S/C14H14N4/c1-9-5-3-4-6-12(9)18-14-11-7-10(2)17-13(11)15-8-16-14/h3-8H,1-2H3,(H2,15,16,17,18). The van der Waals surface area contributed by atoms with Crippen LogP contribution in [0.3, 0.4) is 0 Å². The number of nitrogens with one attached hydrogen (secondary N) is 2. The normalized spacial score (nSPS) is 10.8. The summed E-state index contributed by atoms with van der Waals surface area (Å²) in [6.07, 6.45) is 1.57. The van der Waals surface area contributed by atoms with Crippen LogP contribution in [-0.4, -0.2) is 15.0 Å². The van der Waals surface area contributed by atoms with Crippen LogP contribution < -0.4 is 5.32 Å². The maximum Gasteiger partial charge on any atom is 0.143 e. The van der Waals surface area contributed by atoms with Gasteiger partial charge in [-0.15, -0.1) is 0 Å². The molecule has 4 nitrogen and oxygen atoms in total. The highest BCUT2D eigenvalue weighted by molar-refractivity contribution is 5.89. The molecule has 0 amide bonds. The Morgan fingerprint density at radius 2 is 1.94 bits per heavy atom. The summed E-state index contributed by atoms with van der Waals surface area (Å²) in [7, 11) is 0. The van der Waals surface area contributed by atoms with Gasteiger partial charge in [0.25, 0.3) is 0 Å². The van der Waals surface area contributed by atoms with Crippen molar-refractivity contribution < 1.29 is 0 Å². The van der Waals surface area contributed by atoms with E-state index in [1.165, 1.54) is 5.56 Å². The fourth-order valence-corrected chi connectivity index (χ4v) is 2.01. The van der Waals surface area contributed by atoms with Crippen molar-refractivity contribution in [1.29, 1.82) is 0 Å². The lowest BCUT2D eigenvalue weighted by molar-refractivity contribution is 1.18. The quantitative estimate of drug-likeness (QED) is 0.720. The fourth-order valence-electron chi connectivity index (χ4n) is 2.01. The average Bonchev–Trinajstić information content (AvgIpc) is 2.73. The minimum absolute atomic E-state index is 0.832. The predicted molar refractivity (Wildman–Crippen MR) is 73.1 cm³/mol. The van der Waals surface area contributed by atoms with Gasteiger partial charge in [-0.3, -0.25) is 0 Å². The van der Waals surface area contributed by atoms with E-state index in [9.17, 15) is 0 Å². The molecule has 0 aliphatic rings. The van der Waals surface area contributed by atoms with E-state index in [1.807, 2.05) is 25.1 Å². The number of H-pyrrole nitrogens is 1. The number of rotatable bonds is 2. The zero-order chi connectivity index (χ0) is 12.5. The number of para-hydroxylation sites is 1. The molecule has 18 heavy (non-hydrogen) atoms. The van der Waals surface area contributed by atoms with E-state index in [0.717, 1.165) is 28.2 Å². The molecule has 0 fully saturated rings. The third-order valence-corrected chi connectivity index (χ3v) is 2.96. The summed E-state index contributed by atoms with van der Waals surface area (Å²) in [5, 5.41) is 4.37. The highest BCUT2D eigenvalue weighted by Gasteiger charge is 2.07. The molecule has 3 rings (SSSR count). The first-order chi connectivity index (χ1) is 8.74. The second-order valence-corrected chi connectivity index (χ2v) is 4.38. The lowest BCUT2D eigenvalue weighted by Gasteiger charge is -2.08. The van der Waals surface area contributed by atoms with Crippen molar-refractivity contribution in [2.75, 3.05) is 5.32 Å². The third kappa shape index (κ3) is 1.82. The van der Waals surface area contributed by atoms with Crippen molar-refractivity contribution >= 4 is 22.5 Å². The second kappa shape index (κ2) is 4.14. The van der Waals surface area contributed by atoms with Gasteiger partial charge in [-0.05, 0) is 31.5 Å². The summed E-state index contributed by atoms with van der Waals surface area (Å²) in [5.41, 5.74) is 4.20. The minimum Gasteiger partial charge on any atom is -0.343 e. The molecule has 0 bridgehead atoms. The van der Waals surface area contributed by atoms with Crippen LogP contribution in [0.1, 0.15) is 11.3 Å². The van der Waals surface area contributed by atoms with Gasteiger partial charge in [0.15, 0.2) is 0 Å². The van der Waals surface area contributed by atoms with Gasteiger partial charge in [0.2, 0.25) is 0 Å². The molecule has 0 atom stereocenters. The van der Waals surface area contributed by atoms with Gasteiger partial charge in [0, 0.05) is 11.4 Å². The van der Waals surface area contributed by atoms with Crippen LogP contribution in [0.25, 0.3) is 11.0 Å². The Bertz CT molecular complexity index is 700. The van der Waals surface area contributed by atoms with Crippen LogP contribution in [-0.2, 0) is 0 Å². The lowest BCUT2D eigenvalue weighted by Crippen LogP contribution is -1.96. The van der Waals surface area contributed by atoms with Gasteiger partial charge in [0.05, 0.1) is 5.39 Å². The molecule has 2 N–H and O–H groups in total. The summed E-state index contributed by atoms with van der Waals surface area (Å²) in [6, 6.07) is 10.2. The number of fused-ring (bicyclic) bond motifs is 1. The number of aromatic amines is 1. The van der Waals surface area contributed by atoms with Crippen molar-refractivity contribution in [2.45, 2.75) is 13.8 Å². The van der Waals surface area contributed by atoms with Gasteiger partial charge in [-0.25, -0.2) is 9.97 Å². The number of anilines is 2. The molecule has 0 saturated heterocycles. The number of benzene rings is 1. The first-order valence-electron chi connectivity index (χ1n) is 5.87. The van der Waals surface area contributed by atoms with Crippen LogP contribution in [0, 0.1) is 13.8 Å². The van der Waals surface area contributed by atoms with Crippen LogP contribution >= 0.6 is 0 Å². The van der Waals surface area contributed by atoms with Gasteiger partial charge >= 0.3 is 0 Å². The Morgan fingerprint density at radius 1 is 1.11 bits per heavy atom. The first kappa shape index (κ1) is 10.8. The molecular formula is C14H14N4. The number of nitrogens with zero attached hydrogens (tertiary/aromatic N) is 2. The molecule has 2 heterocycles. The highest BCUT2D eigenvalue weighted by Crippen LogP contribution is 2.24. The van der Waals surface area contributed by atoms with E-state index >= 15 is 0 Å². The van der Waals surface area contributed by atoms with Crippen molar-refractivity contribution in [3.63, 3.8) is 0 Å². The van der Waals surface area contributed by atoms with E-state index in [-0.39, 0.29) is 0 Å². The Morgan fingerprint density at radius 3 is 2.78 bits per heavy atom. The van der Waals surface area contributed by atoms with Gasteiger partial charge in [0.1, 0.15) is 17.8 Å². The van der Waals surface area contributed by atoms with E-state index in [0.29, 0.717) is 0 Å². The van der Waals surface area contributed by atoms with Crippen LogP contribution in [0.5, 0.6) is 0 Å². The maximum absolute atomic E-state index is 4.31. The summed E-state index contributed by atoms with van der Waals surface area (Å²) >= 11 is 0. The zero-order valence-corrected chi connectivity index (χ0v) is 10.4. The number of hydrogen-bond acceptors (Lipinski definition) is 3. The fraction of sp³-hybridized carbons (Fsp3) is 0.143. The molecule has 1 aromatic carbocycles. The molecule has 0 saturated carbocycles. The number of hydrogen-bond donors (Lipinski definition) is 2. The number of aryl methyl sites for hydroxylation is 2. The zero-order valence-electron chi connectivity index (χ0n) is 10.4. The van der Waals surface area contributed by atoms with Gasteiger partial charge in [-0.2, -0.15) is 0 Å². The summed E-state index contributed by atoms with van der Waals surface area (Å²) in [4.78, 5) is 11.7. The molecule has 90 valence electrons. The van der Waals surface area contributed by atoms with Crippen LogP contribution in [0.15, 0.2) is 36.7 Å². The molecule has 0 aliphatic heterocycles. The first-order valence-corrected chi connectivity index (χ1v) is 5.87. The smallest absolute Gasteiger partial charge is 0.143 e. The summed E-state index contributed by atoms with van der Waals surface area (Å²) in [6.45, 7) is 4.09. The average molecular weight is 238 g/mol. The number of aromatic nitrogens is 3. The molecule has 0 aliphatic carbocycles. The van der Waals surface area contributed by atoms with Gasteiger partial charge in [-0.1, -0.05) is 18.2 Å². The molecule has 0 unspecified atom stereocenters. The molecule has 4 heteroatoms. The predicted octanol–water partition coefficient (Wildman–Crippen LogP) is 3.32. The molecular weight excluding hydrogens is 224 g/mol. The van der Waals surface area contributed by atoms with E-state index in [1.54, 1.807) is 6.33 Å². The van der Waals surface area contributed by atoms with Crippen LogP contribution in [0.4, 0.5) is 11.5 Å². The van der Waals surface area contributed by atoms with Gasteiger partial charge < -0.3 is 10.3 Å². The monoisotopic (exact) mass is 238 g/mol. The minimum atomic E-state index is 0.832. The van der Waals surface area contributed by atoms with E-state index in [2.05, 4.69) is 39.3 Å².